The smallest absolute Gasteiger partial charge is 0.349 e. The molecule has 0 aliphatic carbocycles. The highest BCUT2D eigenvalue weighted by Gasteiger charge is 2.26. The van der Waals surface area contributed by atoms with E-state index in [1.54, 1.807) is 18.1 Å². The number of benzene rings is 2. The van der Waals surface area contributed by atoms with Crippen LogP contribution in [0.15, 0.2) is 51.7 Å². The molecule has 2 heterocycles. The summed E-state index contributed by atoms with van der Waals surface area (Å²) in [7, 11) is 1.64. The summed E-state index contributed by atoms with van der Waals surface area (Å²) in [6.45, 7) is 2.21. The lowest BCUT2D eigenvalue weighted by molar-refractivity contribution is 0.0742. The molecule has 2 aromatic carbocycles. The molecule has 0 radical (unpaired) electrons. The van der Waals surface area contributed by atoms with Gasteiger partial charge >= 0.3 is 5.63 Å². The molecule has 1 amide bonds. The van der Waals surface area contributed by atoms with Crippen LogP contribution < -0.4 is 15.3 Å². The number of piperazine rings is 1. The number of anilines is 1. The first-order valence-corrected chi connectivity index (χ1v) is 9.83. The van der Waals surface area contributed by atoms with E-state index in [0.29, 0.717) is 36.6 Å². The molecule has 3 aromatic rings. The predicted octanol–water partition coefficient (Wildman–Crippen LogP) is 4.07. The summed E-state index contributed by atoms with van der Waals surface area (Å²) < 4.78 is 10.7. The van der Waals surface area contributed by atoms with Crippen LogP contribution in [-0.2, 0) is 0 Å². The monoisotopic (exact) mass is 432 g/mol. The van der Waals surface area contributed by atoms with Gasteiger partial charge in [-0.1, -0.05) is 35.3 Å². The summed E-state index contributed by atoms with van der Waals surface area (Å²) in [5.41, 5.74) is 0.468. The number of halogens is 2. The first kappa shape index (κ1) is 19.6. The molecule has 0 N–H and O–H groups in total. The SMILES string of the molecule is COc1ccccc1N1CCN(C(=O)c2cc3cc(Cl)cc(Cl)c3oc2=O)CC1. The molecular formula is C21H18Cl2N2O4. The number of carbonyl (C=O) groups is 1. The van der Waals surface area contributed by atoms with Gasteiger partial charge in [0, 0.05) is 36.6 Å². The number of hydrogen-bond acceptors (Lipinski definition) is 5. The van der Waals surface area contributed by atoms with Gasteiger partial charge in [-0.2, -0.15) is 0 Å². The highest BCUT2D eigenvalue weighted by atomic mass is 35.5. The van der Waals surface area contributed by atoms with Crippen LogP contribution in [0.2, 0.25) is 10.0 Å². The number of para-hydroxylation sites is 2. The van der Waals surface area contributed by atoms with Gasteiger partial charge in [0.25, 0.3) is 5.91 Å². The second-order valence-corrected chi connectivity index (χ2v) is 7.55. The number of ether oxygens (including phenoxy) is 1. The number of amides is 1. The minimum Gasteiger partial charge on any atom is -0.495 e. The Morgan fingerprint density at radius 1 is 1.07 bits per heavy atom. The number of carbonyl (C=O) groups excluding carboxylic acids is 1. The third-order valence-electron chi connectivity index (χ3n) is 4.97. The van der Waals surface area contributed by atoms with Gasteiger partial charge in [-0.15, -0.1) is 0 Å². The zero-order chi connectivity index (χ0) is 20.5. The number of rotatable bonds is 3. The minimum atomic E-state index is -0.709. The summed E-state index contributed by atoms with van der Waals surface area (Å²) >= 11 is 12.1. The highest BCUT2D eigenvalue weighted by molar-refractivity contribution is 6.38. The zero-order valence-electron chi connectivity index (χ0n) is 15.7. The quantitative estimate of drug-likeness (QED) is 0.583. The third kappa shape index (κ3) is 3.78. The average molecular weight is 433 g/mol. The Hall–Kier alpha value is -2.70. The number of hydrogen-bond donors (Lipinski definition) is 0. The molecule has 1 fully saturated rings. The maximum Gasteiger partial charge on any atom is 0.349 e. The summed E-state index contributed by atoms with van der Waals surface area (Å²) in [6, 6.07) is 12.4. The van der Waals surface area contributed by atoms with Crippen molar-refractivity contribution in [3.63, 3.8) is 0 Å². The van der Waals surface area contributed by atoms with Crippen molar-refractivity contribution in [3.05, 3.63) is 68.5 Å². The van der Waals surface area contributed by atoms with Gasteiger partial charge in [-0.05, 0) is 30.3 Å². The maximum atomic E-state index is 13.0. The molecule has 1 saturated heterocycles. The van der Waals surface area contributed by atoms with Gasteiger partial charge in [0.15, 0.2) is 5.58 Å². The lowest BCUT2D eigenvalue weighted by atomic mass is 10.1. The Bertz CT molecular complexity index is 1140. The first-order chi connectivity index (χ1) is 14.0. The van der Waals surface area contributed by atoms with Crippen molar-refractivity contribution in [2.75, 3.05) is 38.2 Å². The Morgan fingerprint density at radius 2 is 1.79 bits per heavy atom. The first-order valence-electron chi connectivity index (χ1n) is 9.08. The zero-order valence-corrected chi connectivity index (χ0v) is 17.2. The molecule has 8 heteroatoms. The topological polar surface area (TPSA) is 63.0 Å². The van der Waals surface area contributed by atoms with Crippen molar-refractivity contribution in [2.24, 2.45) is 0 Å². The Balaban J connectivity index is 1.56. The largest absolute Gasteiger partial charge is 0.495 e. The second-order valence-electron chi connectivity index (χ2n) is 6.70. The van der Waals surface area contributed by atoms with E-state index in [1.807, 2.05) is 24.3 Å². The summed E-state index contributed by atoms with van der Waals surface area (Å²) in [4.78, 5) is 29.2. The fraction of sp³-hybridized carbons (Fsp3) is 0.238. The molecule has 0 saturated carbocycles. The van der Waals surface area contributed by atoms with Crippen molar-refractivity contribution in [3.8, 4) is 5.75 Å². The van der Waals surface area contributed by atoms with E-state index in [2.05, 4.69) is 4.90 Å². The Kier molecular flexibility index (Phi) is 5.39. The van der Waals surface area contributed by atoms with Crippen LogP contribution >= 0.6 is 23.2 Å². The lowest BCUT2D eigenvalue weighted by Gasteiger charge is -2.36. The van der Waals surface area contributed by atoms with E-state index in [-0.39, 0.29) is 22.1 Å². The van der Waals surface area contributed by atoms with Crippen LogP contribution in [0.3, 0.4) is 0 Å². The van der Waals surface area contributed by atoms with Crippen molar-refractivity contribution in [1.29, 1.82) is 0 Å². The maximum absolute atomic E-state index is 13.0. The Labute approximate surface area is 177 Å². The molecule has 0 atom stereocenters. The minimum absolute atomic E-state index is 0.0263. The van der Waals surface area contributed by atoms with E-state index >= 15 is 0 Å². The summed E-state index contributed by atoms with van der Waals surface area (Å²) in [6.07, 6.45) is 0. The van der Waals surface area contributed by atoms with Crippen molar-refractivity contribution in [1.82, 2.24) is 4.90 Å². The molecule has 4 rings (SSSR count). The van der Waals surface area contributed by atoms with Crippen LogP contribution in [-0.4, -0.2) is 44.1 Å². The van der Waals surface area contributed by atoms with E-state index in [0.717, 1.165) is 11.4 Å². The van der Waals surface area contributed by atoms with Crippen LogP contribution in [0.25, 0.3) is 11.0 Å². The van der Waals surface area contributed by atoms with Crippen LogP contribution in [0.1, 0.15) is 10.4 Å². The summed E-state index contributed by atoms with van der Waals surface area (Å²) in [5.74, 6) is 0.424. The van der Waals surface area contributed by atoms with E-state index < -0.39 is 5.63 Å². The third-order valence-corrected chi connectivity index (χ3v) is 5.47. The fourth-order valence-corrected chi connectivity index (χ4v) is 4.07. The molecule has 29 heavy (non-hydrogen) atoms. The molecule has 6 nitrogen and oxygen atoms in total. The predicted molar refractivity (Wildman–Crippen MR) is 114 cm³/mol. The molecular weight excluding hydrogens is 415 g/mol. The molecule has 0 unspecified atom stereocenters. The van der Waals surface area contributed by atoms with E-state index in [4.69, 9.17) is 32.4 Å². The van der Waals surface area contributed by atoms with Crippen LogP contribution in [0.5, 0.6) is 5.75 Å². The molecule has 0 bridgehead atoms. The fourth-order valence-electron chi connectivity index (χ4n) is 3.52. The van der Waals surface area contributed by atoms with Gasteiger partial charge < -0.3 is 19.0 Å². The van der Waals surface area contributed by atoms with Crippen LogP contribution in [0.4, 0.5) is 5.69 Å². The molecule has 1 aromatic heterocycles. The lowest BCUT2D eigenvalue weighted by Crippen LogP contribution is -2.49. The molecule has 150 valence electrons. The Morgan fingerprint density at radius 3 is 2.52 bits per heavy atom. The van der Waals surface area contributed by atoms with Crippen molar-refractivity contribution < 1.29 is 13.9 Å². The molecule has 1 aliphatic rings. The van der Waals surface area contributed by atoms with Gasteiger partial charge in [0.2, 0.25) is 0 Å². The van der Waals surface area contributed by atoms with Crippen molar-refractivity contribution in [2.45, 2.75) is 0 Å². The highest BCUT2D eigenvalue weighted by Crippen LogP contribution is 2.29. The van der Waals surface area contributed by atoms with Gasteiger partial charge in [-0.3, -0.25) is 4.79 Å². The molecule has 0 spiro atoms. The number of methoxy groups -OCH3 is 1. The van der Waals surface area contributed by atoms with Gasteiger partial charge in [-0.25, -0.2) is 4.79 Å². The van der Waals surface area contributed by atoms with Gasteiger partial charge in [0.05, 0.1) is 17.8 Å². The van der Waals surface area contributed by atoms with Gasteiger partial charge in [0.1, 0.15) is 11.3 Å². The number of fused-ring (bicyclic) bond motifs is 1. The van der Waals surface area contributed by atoms with Crippen LogP contribution in [0, 0.1) is 0 Å². The van der Waals surface area contributed by atoms with Crippen molar-refractivity contribution >= 4 is 45.8 Å². The van der Waals surface area contributed by atoms with E-state index in [1.165, 1.54) is 12.1 Å². The average Bonchev–Trinajstić information content (AvgIpc) is 2.73. The normalized spacial score (nSPS) is 14.3. The summed E-state index contributed by atoms with van der Waals surface area (Å²) in [5, 5.41) is 1.15. The molecule has 1 aliphatic heterocycles. The van der Waals surface area contributed by atoms with E-state index in [9.17, 15) is 9.59 Å². The standard InChI is InChI=1S/C21H18Cl2N2O4/c1-28-18-5-3-2-4-17(18)24-6-8-25(9-7-24)20(26)15-11-13-10-14(22)12-16(23)19(13)29-21(15)27/h2-5,10-12H,6-9H2,1H3. The second kappa shape index (κ2) is 7.97. The number of nitrogens with zero attached hydrogens (tertiary/aromatic N) is 2.